The van der Waals surface area contributed by atoms with Crippen molar-refractivity contribution in [2.45, 2.75) is 5.60 Å². The number of Topliss-reactive ketones (excluding diaryl/α,β-unsaturated/α-hetero) is 1. The summed E-state index contributed by atoms with van der Waals surface area (Å²) in [7, 11) is 2.62. The van der Waals surface area contributed by atoms with Gasteiger partial charge in [-0.15, -0.1) is 0 Å². The van der Waals surface area contributed by atoms with Crippen LogP contribution in [0.2, 0.25) is 0 Å². The summed E-state index contributed by atoms with van der Waals surface area (Å²) in [4.78, 5) is 12.3. The summed E-state index contributed by atoms with van der Waals surface area (Å²) in [6.07, 6.45) is 0. The minimum absolute atomic E-state index is 0.139. The summed E-state index contributed by atoms with van der Waals surface area (Å²) in [5.74, 6) is -0.560. The number of nitrogens with zero attached hydrogens (tertiary/aromatic N) is 1. The fourth-order valence-electron chi connectivity index (χ4n) is 1.56. The zero-order chi connectivity index (χ0) is 13.6. The van der Waals surface area contributed by atoms with Gasteiger partial charge in [-0.25, -0.2) is 0 Å². The van der Waals surface area contributed by atoms with Crippen molar-refractivity contribution in [1.29, 1.82) is 10.7 Å². The highest BCUT2D eigenvalue weighted by atomic mass is 16.5. The second-order valence-corrected chi connectivity index (χ2v) is 3.60. The molecule has 1 aromatic carbocycles. The first-order chi connectivity index (χ1) is 8.62. The van der Waals surface area contributed by atoms with Crippen molar-refractivity contribution in [1.82, 2.24) is 0 Å². The third kappa shape index (κ3) is 2.45. The smallest absolute Gasteiger partial charge is 0.257 e. The third-order valence-corrected chi connectivity index (χ3v) is 2.53. The molecule has 5 heteroatoms. The number of carbonyl (C=O) groups is 1. The summed E-state index contributed by atoms with van der Waals surface area (Å²) in [5, 5.41) is 17.0. The van der Waals surface area contributed by atoms with Crippen LogP contribution in [0.15, 0.2) is 30.3 Å². The van der Waals surface area contributed by atoms with E-state index >= 15 is 0 Å². The lowest BCUT2D eigenvalue weighted by Gasteiger charge is -2.24. The van der Waals surface area contributed by atoms with Crippen LogP contribution in [-0.4, -0.2) is 37.9 Å². The Morgan fingerprint density at radius 3 is 2.44 bits per heavy atom. The Hall–Kier alpha value is -2.03. The van der Waals surface area contributed by atoms with E-state index in [0.29, 0.717) is 5.56 Å². The van der Waals surface area contributed by atoms with Gasteiger partial charge in [0.1, 0.15) is 6.07 Å². The van der Waals surface area contributed by atoms with Gasteiger partial charge >= 0.3 is 0 Å². The third-order valence-electron chi connectivity index (χ3n) is 2.53. The van der Waals surface area contributed by atoms with E-state index in [1.165, 1.54) is 14.2 Å². The predicted molar refractivity (Wildman–Crippen MR) is 65.7 cm³/mol. The van der Waals surface area contributed by atoms with E-state index in [1.54, 1.807) is 36.4 Å². The van der Waals surface area contributed by atoms with Crippen LogP contribution in [0.5, 0.6) is 0 Å². The van der Waals surface area contributed by atoms with Crippen molar-refractivity contribution >= 4 is 11.5 Å². The number of benzene rings is 1. The average molecular weight is 246 g/mol. The highest BCUT2D eigenvalue weighted by Gasteiger charge is 2.44. The Morgan fingerprint density at radius 1 is 1.39 bits per heavy atom. The van der Waals surface area contributed by atoms with Gasteiger partial charge in [0.05, 0.1) is 12.3 Å². The van der Waals surface area contributed by atoms with Gasteiger partial charge < -0.3 is 14.9 Å². The molecular formula is C13H14N2O3. The van der Waals surface area contributed by atoms with Gasteiger partial charge in [0, 0.05) is 19.8 Å². The molecule has 0 spiro atoms. The molecule has 0 amide bonds. The van der Waals surface area contributed by atoms with Gasteiger partial charge in [0.2, 0.25) is 5.78 Å². The van der Waals surface area contributed by atoms with Crippen LogP contribution >= 0.6 is 0 Å². The summed E-state index contributed by atoms with van der Waals surface area (Å²) in [5.41, 5.74) is -1.82. The fraction of sp³-hybridized carbons (Fsp3) is 0.308. The van der Waals surface area contributed by atoms with Crippen LogP contribution in [0.3, 0.4) is 0 Å². The first-order valence-electron chi connectivity index (χ1n) is 5.25. The van der Waals surface area contributed by atoms with Crippen LogP contribution in [0.1, 0.15) is 10.4 Å². The summed E-state index contributed by atoms with van der Waals surface area (Å²) < 4.78 is 9.79. The molecule has 18 heavy (non-hydrogen) atoms. The molecule has 0 bridgehead atoms. The Labute approximate surface area is 105 Å². The maximum Gasteiger partial charge on any atom is 0.257 e. The second kappa shape index (κ2) is 6.05. The molecule has 1 aromatic rings. The van der Waals surface area contributed by atoms with Crippen molar-refractivity contribution < 1.29 is 14.3 Å². The molecule has 1 atom stereocenters. The normalized spacial score (nSPS) is 13.4. The molecule has 5 nitrogen and oxygen atoms in total. The van der Waals surface area contributed by atoms with Gasteiger partial charge in [-0.3, -0.25) is 4.79 Å². The first-order valence-corrected chi connectivity index (χ1v) is 5.25. The van der Waals surface area contributed by atoms with E-state index in [4.69, 9.17) is 14.9 Å². The van der Waals surface area contributed by atoms with Crippen molar-refractivity contribution in [2.75, 3.05) is 20.8 Å². The molecule has 0 radical (unpaired) electrons. The van der Waals surface area contributed by atoms with E-state index in [9.17, 15) is 10.1 Å². The molecule has 94 valence electrons. The monoisotopic (exact) mass is 246 g/mol. The van der Waals surface area contributed by atoms with Crippen molar-refractivity contribution in [3.8, 4) is 6.07 Å². The minimum atomic E-state index is -1.92. The predicted octanol–water partition coefficient (Wildman–Crippen LogP) is 1.44. The number of ether oxygens (including phenoxy) is 2. The SMILES string of the molecule is COCC(=N)C(C#N)(OC)C(=O)c1ccccc1. The lowest BCUT2D eigenvalue weighted by Crippen LogP contribution is -2.48. The lowest BCUT2D eigenvalue weighted by molar-refractivity contribution is 0.0556. The van der Waals surface area contributed by atoms with Crippen LogP contribution in [0.25, 0.3) is 0 Å². The molecule has 0 aliphatic carbocycles. The number of nitrogens with one attached hydrogen (secondary N) is 1. The Balaban J connectivity index is 3.18. The minimum Gasteiger partial charge on any atom is -0.379 e. The van der Waals surface area contributed by atoms with Crippen LogP contribution in [-0.2, 0) is 9.47 Å². The average Bonchev–Trinajstić information content (AvgIpc) is 2.42. The summed E-state index contributed by atoms with van der Waals surface area (Å²) >= 11 is 0. The summed E-state index contributed by atoms with van der Waals surface area (Å²) in [6.45, 7) is -0.139. The van der Waals surface area contributed by atoms with Crippen molar-refractivity contribution in [2.24, 2.45) is 0 Å². The molecule has 0 fully saturated rings. The van der Waals surface area contributed by atoms with Gasteiger partial charge in [0.15, 0.2) is 0 Å². The number of rotatable bonds is 6. The molecule has 1 rings (SSSR count). The molecule has 0 aliphatic rings. The quantitative estimate of drug-likeness (QED) is 0.608. The molecule has 0 aliphatic heterocycles. The maximum atomic E-state index is 12.3. The lowest BCUT2D eigenvalue weighted by atomic mass is 9.89. The van der Waals surface area contributed by atoms with Gasteiger partial charge in [-0.2, -0.15) is 5.26 Å². The number of nitriles is 1. The molecule has 0 saturated heterocycles. The Morgan fingerprint density at radius 2 is 2.00 bits per heavy atom. The molecular weight excluding hydrogens is 232 g/mol. The van der Waals surface area contributed by atoms with E-state index in [2.05, 4.69) is 0 Å². The van der Waals surface area contributed by atoms with Gasteiger partial charge in [-0.1, -0.05) is 30.3 Å². The largest absolute Gasteiger partial charge is 0.379 e. The standard InChI is InChI=1S/C13H14N2O3/c1-17-8-11(15)13(9-14,18-2)12(16)10-6-4-3-5-7-10/h3-7,15H,8H2,1-2H3. The topological polar surface area (TPSA) is 83.2 Å². The Kier molecular flexibility index (Phi) is 4.72. The second-order valence-electron chi connectivity index (χ2n) is 3.60. The Bertz CT molecular complexity index is 479. The van der Waals surface area contributed by atoms with Crippen molar-refractivity contribution in [3.05, 3.63) is 35.9 Å². The molecule has 0 heterocycles. The number of methoxy groups -OCH3 is 2. The zero-order valence-corrected chi connectivity index (χ0v) is 10.3. The molecule has 1 N–H and O–H groups in total. The van der Waals surface area contributed by atoms with E-state index in [0.717, 1.165) is 0 Å². The van der Waals surface area contributed by atoms with Gasteiger partial charge in [-0.05, 0) is 0 Å². The number of carbonyl (C=O) groups excluding carboxylic acids is 1. The van der Waals surface area contributed by atoms with Crippen LogP contribution in [0, 0.1) is 16.7 Å². The maximum absolute atomic E-state index is 12.3. The molecule has 1 unspecified atom stereocenters. The number of ketones is 1. The highest BCUT2D eigenvalue weighted by molar-refractivity contribution is 6.21. The van der Waals surface area contributed by atoms with E-state index < -0.39 is 11.4 Å². The van der Waals surface area contributed by atoms with E-state index in [-0.39, 0.29) is 12.3 Å². The molecule has 0 saturated carbocycles. The van der Waals surface area contributed by atoms with Crippen molar-refractivity contribution in [3.63, 3.8) is 0 Å². The zero-order valence-electron chi connectivity index (χ0n) is 10.3. The fourth-order valence-corrected chi connectivity index (χ4v) is 1.56. The highest BCUT2D eigenvalue weighted by Crippen LogP contribution is 2.19. The summed E-state index contributed by atoms with van der Waals surface area (Å²) in [6, 6.07) is 10.1. The number of hydrogen-bond acceptors (Lipinski definition) is 5. The van der Waals surface area contributed by atoms with Gasteiger partial charge in [0.25, 0.3) is 5.60 Å². The van der Waals surface area contributed by atoms with Crippen LogP contribution < -0.4 is 0 Å². The van der Waals surface area contributed by atoms with E-state index in [1.807, 2.05) is 0 Å². The first kappa shape index (κ1) is 14.0. The number of hydrogen-bond donors (Lipinski definition) is 1. The van der Waals surface area contributed by atoms with Crippen LogP contribution in [0.4, 0.5) is 0 Å². The molecule has 0 aromatic heterocycles.